The Balaban J connectivity index is 2.07. The third-order valence-corrected chi connectivity index (χ3v) is 3.77. The van der Waals surface area contributed by atoms with Crippen molar-refractivity contribution in [2.45, 2.75) is 6.92 Å². The number of amides is 2. The molecule has 0 aliphatic carbocycles. The summed E-state index contributed by atoms with van der Waals surface area (Å²) in [6.07, 6.45) is 3.05. The fourth-order valence-electron chi connectivity index (χ4n) is 1.97. The van der Waals surface area contributed by atoms with Gasteiger partial charge in [-0.3, -0.25) is 14.6 Å². The van der Waals surface area contributed by atoms with Crippen molar-refractivity contribution in [2.75, 3.05) is 18.4 Å². The molecule has 0 spiro atoms. The predicted molar refractivity (Wildman–Crippen MR) is 90.9 cm³/mol. The van der Waals surface area contributed by atoms with Crippen molar-refractivity contribution < 1.29 is 9.59 Å². The maximum atomic E-state index is 12.4. The Morgan fingerprint density at radius 2 is 1.87 bits per heavy atom. The van der Waals surface area contributed by atoms with Crippen molar-refractivity contribution >= 4 is 40.7 Å². The minimum Gasteiger partial charge on any atom is -0.330 e. The van der Waals surface area contributed by atoms with E-state index >= 15 is 0 Å². The van der Waals surface area contributed by atoms with Crippen LogP contribution in [0.2, 0.25) is 10.0 Å². The number of pyridine rings is 1. The van der Waals surface area contributed by atoms with Gasteiger partial charge in [-0.05, 0) is 31.2 Å². The average molecular weight is 352 g/mol. The molecule has 0 unspecified atom stereocenters. The Morgan fingerprint density at radius 3 is 2.43 bits per heavy atom. The molecule has 23 heavy (non-hydrogen) atoms. The number of nitrogens with one attached hydrogen (secondary N) is 1. The normalized spacial score (nSPS) is 10.2. The molecule has 1 aromatic heterocycles. The number of para-hydroxylation sites is 1. The Morgan fingerprint density at radius 1 is 1.17 bits per heavy atom. The summed E-state index contributed by atoms with van der Waals surface area (Å²) in [5.74, 6) is -0.639. The number of hydrogen-bond acceptors (Lipinski definition) is 3. The van der Waals surface area contributed by atoms with E-state index in [0.717, 1.165) is 0 Å². The fourth-order valence-corrected chi connectivity index (χ4v) is 2.46. The van der Waals surface area contributed by atoms with Crippen LogP contribution in [0.3, 0.4) is 0 Å². The van der Waals surface area contributed by atoms with Crippen LogP contribution in [-0.2, 0) is 4.79 Å². The number of carbonyl (C=O) groups excluding carboxylic acids is 2. The van der Waals surface area contributed by atoms with Gasteiger partial charge in [0.2, 0.25) is 5.91 Å². The van der Waals surface area contributed by atoms with Gasteiger partial charge >= 0.3 is 0 Å². The molecule has 0 saturated carbocycles. The van der Waals surface area contributed by atoms with Gasteiger partial charge in [-0.15, -0.1) is 0 Å². The van der Waals surface area contributed by atoms with Crippen molar-refractivity contribution in [3.63, 3.8) is 0 Å². The molecule has 0 fully saturated rings. The molecule has 7 heteroatoms. The van der Waals surface area contributed by atoms with E-state index < -0.39 is 0 Å². The van der Waals surface area contributed by atoms with Gasteiger partial charge in [-0.25, -0.2) is 0 Å². The molecular weight excluding hydrogens is 337 g/mol. The summed E-state index contributed by atoms with van der Waals surface area (Å²) in [6, 6.07) is 8.26. The van der Waals surface area contributed by atoms with Gasteiger partial charge in [0, 0.05) is 18.9 Å². The summed E-state index contributed by atoms with van der Waals surface area (Å²) in [4.78, 5) is 29.9. The van der Waals surface area contributed by atoms with E-state index in [-0.39, 0.29) is 18.4 Å². The first-order valence-electron chi connectivity index (χ1n) is 6.96. The molecule has 5 nitrogen and oxygen atoms in total. The zero-order valence-electron chi connectivity index (χ0n) is 12.4. The Kier molecular flexibility index (Phi) is 5.96. The summed E-state index contributed by atoms with van der Waals surface area (Å²) < 4.78 is 0. The zero-order chi connectivity index (χ0) is 16.8. The van der Waals surface area contributed by atoms with Crippen LogP contribution in [0.4, 0.5) is 5.69 Å². The highest BCUT2D eigenvalue weighted by atomic mass is 35.5. The second-order valence-electron chi connectivity index (χ2n) is 4.71. The first kappa shape index (κ1) is 17.2. The van der Waals surface area contributed by atoms with Crippen LogP contribution in [0, 0.1) is 0 Å². The van der Waals surface area contributed by atoms with Crippen molar-refractivity contribution in [1.29, 1.82) is 0 Å². The molecule has 2 rings (SSSR count). The van der Waals surface area contributed by atoms with Gasteiger partial charge < -0.3 is 10.2 Å². The van der Waals surface area contributed by atoms with E-state index in [9.17, 15) is 9.59 Å². The molecule has 2 aromatic rings. The molecule has 1 heterocycles. The molecule has 0 saturated heterocycles. The lowest BCUT2D eigenvalue weighted by Crippen LogP contribution is -2.38. The first-order valence-corrected chi connectivity index (χ1v) is 7.71. The van der Waals surface area contributed by atoms with Gasteiger partial charge in [0.25, 0.3) is 5.91 Å². The number of anilines is 1. The van der Waals surface area contributed by atoms with Gasteiger partial charge in [-0.2, -0.15) is 0 Å². The van der Waals surface area contributed by atoms with Crippen LogP contribution in [0.1, 0.15) is 17.3 Å². The largest absolute Gasteiger partial charge is 0.330 e. The van der Waals surface area contributed by atoms with Crippen LogP contribution < -0.4 is 5.32 Å². The lowest BCUT2D eigenvalue weighted by atomic mass is 10.2. The molecule has 0 radical (unpaired) electrons. The molecular formula is C16H15Cl2N3O2. The number of benzene rings is 1. The van der Waals surface area contributed by atoms with Crippen LogP contribution in [0.15, 0.2) is 42.7 Å². The lowest BCUT2D eigenvalue weighted by molar-refractivity contribution is -0.116. The van der Waals surface area contributed by atoms with E-state index in [4.69, 9.17) is 23.2 Å². The molecule has 120 valence electrons. The summed E-state index contributed by atoms with van der Waals surface area (Å²) in [5, 5.41) is 3.32. The molecule has 0 atom stereocenters. The van der Waals surface area contributed by atoms with Crippen LogP contribution >= 0.6 is 23.2 Å². The Hall–Kier alpha value is -2.11. The van der Waals surface area contributed by atoms with Gasteiger partial charge in [-0.1, -0.05) is 29.3 Å². The number of likely N-dealkylation sites (N-methyl/N-ethyl adjacent to an activating group) is 1. The summed E-state index contributed by atoms with van der Waals surface area (Å²) in [6.45, 7) is 2.08. The second kappa shape index (κ2) is 7.94. The topological polar surface area (TPSA) is 62.3 Å². The van der Waals surface area contributed by atoms with Crippen LogP contribution in [0.5, 0.6) is 0 Å². The number of rotatable bonds is 5. The zero-order valence-corrected chi connectivity index (χ0v) is 13.9. The highest BCUT2D eigenvalue weighted by molar-refractivity contribution is 6.39. The SMILES string of the molecule is CCN(CC(=O)Nc1c(Cl)cccc1Cl)C(=O)c1cccnc1. The van der Waals surface area contributed by atoms with E-state index in [1.54, 1.807) is 43.5 Å². The van der Waals surface area contributed by atoms with Crippen molar-refractivity contribution in [3.8, 4) is 0 Å². The molecule has 2 amide bonds. The number of halogens is 2. The van der Waals surface area contributed by atoms with E-state index in [2.05, 4.69) is 10.3 Å². The third kappa shape index (κ3) is 4.43. The van der Waals surface area contributed by atoms with Crippen molar-refractivity contribution in [3.05, 3.63) is 58.3 Å². The van der Waals surface area contributed by atoms with Crippen molar-refractivity contribution in [2.24, 2.45) is 0 Å². The molecule has 1 N–H and O–H groups in total. The second-order valence-corrected chi connectivity index (χ2v) is 5.52. The van der Waals surface area contributed by atoms with E-state index in [0.29, 0.717) is 27.8 Å². The van der Waals surface area contributed by atoms with E-state index in [1.165, 1.54) is 11.1 Å². The maximum Gasteiger partial charge on any atom is 0.255 e. The Bertz CT molecular complexity index is 687. The highest BCUT2D eigenvalue weighted by Crippen LogP contribution is 2.29. The highest BCUT2D eigenvalue weighted by Gasteiger charge is 2.18. The summed E-state index contributed by atoms with van der Waals surface area (Å²) in [5.41, 5.74) is 0.767. The molecule has 0 aliphatic heterocycles. The quantitative estimate of drug-likeness (QED) is 0.896. The number of carbonyl (C=O) groups is 2. The number of nitrogens with zero attached hydrogens (tertiary/aromatic N) is 2. The number of hydrogen-bond donors (Lipinski definition) is 1. The monoisotopic (exact) mass is 351 g/mol. The van der Waals surface area contributed by atoms with Crippen molar-refractivity contribution in [1.82, 2.24) is 9.88 Å². The standard InChI is InChI=1S/C16H15Cl2N3O2/c1-2-21(16(23)11-5-4-8-19-9-11)10-14(22)20-15-12(17)6-3-7-13(15)18/h3-9H,2,10H2,1H3,(H,20,22). The molecule has 0 aliphatic rings. The predicted octanol–water partition coefficient (Wildman–Crippen LogP) is 3.49. The molecule has 0 bridgehead atoms. The Labute approximate surface area is 144 Å². The van der Waals surface area contributed by atoms with E-state index in [1.807, 2.05) is 0 Å². The number of aromatic nitrogens is 1. The minimum atomic E-state index is -0.376. The van der Waals surface area contributed by atoms with Gasteiger partial charge in [0.05, 0.1) is 21.3 Å². The van der Waals surface area contributed by atoms with Crippen LogP contribution in [0.25, 0.3) is 0 Å². The maximum absolute atomic E-state index is 12.4. The fraction of sp³-hybridized carbons (Fsp3) is 0.188. The third-order valence-electron chi connectivity index (χ3n) is 3.14. The minimum absolute atomic E-state index is 0.105. The summed E-state index contributed by atoms with van der Waals surface area (Å²) in [7, 11) is 0. The lowest BCUT2D eigenvalue weighted by Gasteiger charge is -2.20. The van der Waals surface area contributed by atoms with Crippen LogP contribution in [-0.4, -0.2) is 34.8 Å². The average Bonchev–Trinajstić information content (AvgIpc) is 2.56. The van der Waals surface area contributed by atoms with Gasteiger partial charge in [0.15, 0.2) is 0 Å². The molecule has 1 aromatic carbocycles. The first-order chi connectivity index (χ1) is 11.0. The van der Waals surface area contributed by atoms with Gasteiger partial charge in [0.1, 0.15) is 6.54 Å². The summed E-state index contributed by atoms with van der Waals surface area (Å²) >= 11 is 12.0. The smallest absolute Gasteiger partial charge is 0.255 e.